The van der Waals surface area contributed by atoms with Crippen LogP contribution in [0.2, 0.25) is 0 Å². The van der Waals surface area contributed by atoms with Gasteiger partial charge in [-0.15, -0.1) is 11.8 Å². The zero-order chi connectivity index (χ0) is 13.1. The van der Waals surface area contributed by atoms with Gasteiger partial charge in [-0.25, -0.2) is 4.79 Å². The second-order valence-electron chi connectivity index (χ2n) is 3.98. The topological polar surface area (TPSA) is 64.4 Å². The molecule has 0 aromatic carbocycles. The van der Waals surface area contributed by atoms with Gasteiger partial charge in [-0.3, -0.25) is 4.57 Å². The molecule has 0 saturated carbocycles. The largest absolute Gasteiger partial charge is 0.393 e. The minimum absolute atomic E-state index is 0.0854. The number of rotatable bonds is 4. The lowest BCUT2D eigenvalue weighted by Crippen LogP contribution is -2.28. The number of aliphatic hydroxyl groups is 1. The van der Waals surface area contributed by atoms with E-state index in [1.165, 1.54) is 4.57 Å². The van der Waals surface area contributed by atoms with Crippen molar-refractivity contribution in [3.8, 4) is 0 Å². The fraction of sp³-hybridized carbons (Fsp3) is 0.500. The van der Waals surface area contributed by atoms with Gasteiger partial charge in [0.1, 0.15) is 11.1 Å². The average Bonchev–Trinajstić information content (AvgIpc) is 2.82. The maximum Gasteiger partial charge on any atom is 0.351 e. The molecular formula is C12H16N2O3S. The fourth-order valence-corrected chi connectivity index (χ4v) is 2.46. The molecule has 0 spiro atoms. The molecule has 0 amide bonds. The fourth-order valence-electron chi connectivity index (χ4n) is 1.77. The SMILES string of the molecule is CCSc1nc(=O)n(C2C=CC(CO)O2)cc1C. The van der Waals surface area contributed by atoms with Crippen molar-refractivity contribution in [2.45, 2.75) is 31.2 Å². The molecule has 0 bridgehead atoms. The van der Waals surface area contributed by atoms with Gasteiger partial charge in [0.05, 0.1) is 6.61 Å². The molecule has 2 rings (SSSR count). The van der Waals surface area contributed by atoms with Crippen LogP contribution in [0.3, 0.4) is 0 Å². The van der Waals surface area contributed by atoms with Gasteiger partial charge >= 0.3 is 5.69 Å². The molecule has 0 aliphatic carbocycles. The first-order valence-electron chi connectivity index (χ1n) is 5.83. The molecule has 18 heavy (non-hydrogen) atoms. The third kappa shape index (κ3) is 2.66. The van der Waals surface area contributed by atoms with Crippen LogP contribution in [-0.2, 0) is 4.74 Å². The molecule has 1 aromatic rings. The highest BCUT2D eigenvalue weighted by Crippen LogP contribution is 2.22. The highest BCUT2D eigenvalue weighted by atomic mass is 32.2. The quantitative estimate of drug-likeness (QED) is 0.503. The first-order valence-corrected chi connectivity index (χ1v) is 6.81. The predicted molar refractivity (Wildman–Crippen MR) is 69.8 cm³/mol. The van der Waals surface area contributed by atoms with Crippen LogP contribution in [0.1, 0.15) is 18.7 Å². The molecule has 0 saturated heterocycles. The van der Waals surface area contributed by atoms with Crippen LogP contribution in [0.5, 0.6) is 0 Å². The Labute approximate surface area is 109 Å². The van der Waals surface area contributed by atoms with Crippen LogP contribution in [-0.4, -0.2) is 33.1 Å². The third-order valence-electron chi connectivity index (χ3n) is 2.63. The monoisotopic (exact) mass is 268 g/mol. The lowest BCUT2D eigenvalue weighted by atomic mass is 10.3. The maximum atomic E-state index is 11.9. The van der Waals surface area contributed by atoms with Crippen molar-refractivity contribution in [1.82, 2.24) is 9.55 Å². The Kier molecular flexibility index (Phi) is 4.21. The number of aromatic nitrogens is 2. The van der Waals surface area contributed by atoms with Gasteiger partial charge in [-0.05, 0) is 24.3 Å². The van der Waals surface area contributed by atoms with E-state index in [0.717, 1.165) is 16.3 Å². The van der Waals surface area contributed by atoms with Gasteiger partial charge in [-0.2, -0.15) is 4.98 Å². The van der Waals surface area contributed by atoms with Crippen molar-refractivity contribution in [3.05, 3.63) is 34.4 Å². The van der Waals surface area contributed by atoms with Crippen LogP contribution >= 0.6 is 11.8 Å². The first-order chi connectivity index (χ1) is 8.65. The van der Waals surface area contributed by atoms with E-state index in [-0.39, 0.29) is 18.4 Å². The van der Waals surface area contributed by atoms with Gasteiger partial charge in [0, 0.05) is 6.20 Å². The van der Waals surface area contributed by atoms with Crippen molar-refractivity contribution in [2.24, 2.45) is 0 Å². The second kappa shape index (κ2) is 5.69. The van der Waals surface area contributed by atoms with Crippen molar-refractivity contribution in [3.63, 3.8) is 0 Å². The Bertz CT molecular complexity index is 513. The summed E-state index contributed by atoms with van der Waals surface area (Å²) in [4.78, 5) is 16.0. The smallest absolute Gasteiger partial charge is 0.351 e. The van der Waals surface area contributed by atoms with Crippen molar-refractivity contribution >= 4 is 11.8 Å². The Morgan fingerprint density at radius 1 is 1.56 bits per heavy atom. The molecule has 1 aliphatic rings. The molecule has 98 valence electrons. The minimum Gasteiger partial charge on any atom is -0.393 e. The van der Waals surface area contributed by atoms with Crippen LogP contribution in [0.4, 0.5) is 0 Å². The summed E-state index contributed by atoms with van der Waals surface area (Å²) in [5.74, 6) is 0.879. The van der Waals surface area contributed by atoms with Crippen LogP contribution < -0.4 is 5.69 Å². The van der Waals surface area contributed by atoms with Crippen molar-refractivity contribution < 1.29 is 9.84 Å². The molecule has 1 N–H and O–H groups in total. The summed E-state index contributed by atoms with van der Waals surface area (Å²) in [7, 11) is 0. The summed E-state index contributed by atoms with van der Waals surface area (Å²) in [6, 6.07) is 0. The summed E-state index contributed by atoms with van der Waals surface area (Å²) in [6.07, 6.45) is 4.45. The van der Waals surface area contributed by atoms with E-state index < -0.39 is 6.23 Å². The molecule has 5 nitrogen and oxygen atoms in total. The molecule has 1 aliphatic heterocycles. The van der Waals surface area contributed by atoms with E-state index in [0.29, 0.717) is 0 Å². The molecule has 1 aromatic heterocycles. The van der Waals surface area contributed by atoms with Gasteiger partial charge in [0.15, 0.2) is 6.23 Å². The summed E-state index contributed by atoms with van der Waals surface area (Å²) >= 11 is 1.55. The van der Waals surface area contributed by atoms with E-state index in [4.69, 9.17) is 9.84 Å². The lowest BCUT2D eigenvalue weighted by Gasteiger charge is -2.16. The van der Waals surface area contributed by atoms with Crippen LogP contribution in [0.15, 0.2) is 28.2 Å². The summed E-state index contributed by atoms with van der Waals surface area (Å²) in [5, 5.41) is 9.75. The number of ether oxygens (including phenoxy) is 1. The van der Waals surface area contributed by atoms with Crippen LogP contribution in [0, 0.1) is 6.92 Å². The number of nitrogens with zero attached hydrogens (tertiary/aromatic N) is 2. The first kappa shape index (κ1) is 13.3. The molecule has 6 heteroatoms. The van der Waals surface area contributed by atoms with Crippen LogP contribution in [0.25, 0.3) is 0 Å². The Morgan fingerprint density at radius 2 is 2.33 bits per heavy atom. The number of aliphatic hydroxyl groups excluding tert-OH is 1. The lowest BCUT2D eigenvalue weighted by molar-refractivity contribution is -0.0105. The summed E-state index contributed by atoms with van der Waals surface area (Å²) in [6.45, 7) is 3.85. The zero-order valence-electron chi connectivity index (χ0n) is 10.4. The van der Waals surface area contributed by atoms with Crippen molar-refractivity contribution in [2.75, 3.05) is 12.4 Å². The molecule has 2 heterocycles. The third-order valence-corrected chi connectivity index (χ3v) is 3.60. The molecule has 0 fully saturated rings. The molecular weight excluding hydrogens is 252 g/mol. The van der Waals surface area contributed by atoms with Gasteiger partial charge in [-0.1, -0.05) is 13.0 Å². The standard InChI is InChI=1S/C12H16N2O3S/c1-3-18-11-8(2)6-14(12(16)13-11)10-5-4-9(7-15)17-10/h4-6,9-10,15H,3,7H2,1-2H3. The Morgan fingerprint density at radius 3 is 2.94 bits per heavy atom. The maximum absolute atomic E-state index is 11.9. The Hall–Kier alpha value is -1.11. The second-order valence-corrected chi connectivity index (χ2v) is 5.24. The number of aryl methyl sites for hydroxylation is 1. The van der Waals surface area contributed by atoms with E-state index in [1.54, 1.807) is 30.1 Å². The molecule has 2 atom stereocenters. The highest BCUT2D eigenvalue weighted by Gasteiger charge is 2.21. The zero-order valence-corrected chi connectivity index (χ0v) is 11.2. The summed E-state index contributed by atoms with van der Waals surface area (Å²) in [5.41, 5.74) is 0.621. The van der Waals surface area contributed by atoms with E-state index >= 15 is 0 Å². The number of hydrogen-bond acceptors (Lipinski definition) is 5. The minimum atomic E-state index is -0.471. The molecule has 2 unspecified atom stereocenters. The number of thioether (sulfide) groups is 1. The Balaban J connectivity index is 2.28. The highest BCUT2D eigenvalue weighted by molar-refractivity contribution is 7.99. The van der Waals surface area contributed by atoms with E-state index in [1.807, 2.05) is 13.8 Å². The van der Waals surface area contributed by atoms with Crippen molar-refractivity contribution in [1.29, 1.82) is 0 Å². The average molecular weight is 268 g/mol. The van der Waals surface area contributed by atoms with Gasteiger partial charge < -0.3 is 9.84 Å². The van der Waals surface area contributed by atoms with E-state index in [2.05, 4.69) is 4.98 Å². The molecule has 0 radical (unpaired) electrons. The predicted octanol–water partition coefficient (Wildman–Crippen LogP) is 1.11. The van der Waals surface area contributed by atoms with Gasteiger partial charge in [0.25, 0.3) is 0 Å². The van der Waals surface area contributed by atoms with Gasteiger partial charge in [0.2, 0.25) is 0 Å². The number of hydrogen-bond donors (Lipinski definition) is 1. The summed E-state index contributed by atoms with van der Waals surface area (Å²) < 4.78 is 6.93. The normalized spacial score (nSPS) is 22.6. The van der Waals surface area contributed by atoms with E-state index in [9.17, 15) is 4.79 Å².